The van der Waals surface area contributed by atoms with Crippen LogP contribution in [0.3, 0.4) is 0 Å². The fourth-order valence-electron chi connectivity index (χ4n) is 4.43. The minimum absolute atomic E-state index is 0.162. The van der Waals surface area contributed by atoms with Crippen molar-refractivity contribution in [3.8, 4) is 0 Å². The standard InChI is InChI=1S/C24H34N4O3S/c29-24(26-8-9-28-10-12-30-13-11-28)15-19-6-7-25-17-20(19)14-21-16-22(31-27-21)18-32-23-4-2-1-3-5-23/h1-5,16,19-20,25H,6-15,17-18H2,(H,26,29)/t19-,20+/m0/s1. The zero-order valence-electron chi connectivity index (χ0n) is 18.6. The van der Waals surface area contributed by atoms with Crippen LogP contribution in [0.5, 0.6) is 0 Å². The molecule has 2 aliphatic heterocycles. The van der Waals surface area contributed by atoms with Crippen LogP contribution < -0.4 is 10.6 Å². The summed E-state index contributed by atoms with van der Waals surface area (Å²) in [6, 6.07) is 12.4. The highest BCUT2D eigenvalue weighted by Crippen LogP contribution is 2.27. The number of carbonyl (C=O) groups is 1. The molecule has 4 rings (SSSR count). The predicted octanol–water partition coefficient (Wildman–Crippen LogP) is 2.57. The molecule has 2 aliphatic rings. The lowest BCUT2D eigenvalue weighted by Crippen LogP contribution is -2.43. The normalized spacial score (nSPS) is 22.0. The lowest BCUT2D eigenvalue weighted by Gasteiger charge is -2.31. The Labute approximate surface area is 194 Å². The average molecular weight is 459 g/mol. The van der Waals surface area contributed by atoms with E-state index in [0.29, 0.717) is 24.8 Å². The summed E-state index contributed by atoms with van der Waals surface area (Å²) >= 11 is 1.75. The van der Waals surface area contributed by atoms with Crippen molar-refractivity contribution in [2.45, 2.75) is 29.9 Å². The molecule has 0 bridgehead atoms. The number of carbonyl (C=O) groups excluding carboxylic acids is 1. The molecule has 8 heteroatoms. The van der Waals surface area contributed by atoms with E-state index in [1.807, 2.05) is 18.2 Å². The molecule has 0 unspecified atom stereocenters. The molecule has 2 aromatic rings. The summed E-state index contributed by atoms with van der Waals surface area (Å²) < 4.78 is 10.9. The quantitative estimate of drug-likeness (QED) is 0.530. The molecular formula is C24H34N4O3S. The van der Waals surface area contributed by atoms with Gasteiger partial charge >= 0.3 is 0 Å². The van der Waals surface area contributed by atoms with Gasteiger partial charge < -0.3 is 19.9 Å². The van der Waals surface area contributed by atoms with Crippen LogP contribution in [-0.4, -0.2) is 68.4 Å². The number of ether oxygens (including phenoxy) is 1. The zero-order chi connectivity index (χ0) is 22.0. The number of hydrogen-bond acceptors (Lipinski definition) is 7. The summed E-state index contributed by atoms with van der Waals surface area (Å²) in [5.74, 6) is 2.60. The Balaban J connectivity index is 1.21. The molecule has 2 fully saturated rings. The average Bonchev–Trinajstić information content (AvgIpc) is 3.28. The minimum atomic E-state index is 0.162. The van der Waals surface area contributed by atoms with Crippen LogP contribution in [-0.2, 0) is 21.7 Å². The van der Waals surface area contributed by atoms with Crippen LogP contribution in [0.15, 0.2) is 45.8 Å². The fourth-order valence-corrected chi connectivity index (χ4v) is 5.23. The highest BCUT2D eigenvalue weighted by Gasteiger charge is 2.28. The highest BCUT2D eigenvalue weighted by atomic mass is 32.2. The van der Waals surface area contributed by atoms with Crippen molar-refractivity contribution in [3.05, 3.63) is 47.9 Å². The Hall–Kier alpha value is -1.87. The Morgan fingerprint density at radius 1 is 1.22 bits per heavy atom. The van der Waals surface area contributed by atoms with E-state index in [9.17, 15) is 4.79 Å². The van der Waals surface area contributed by atoms with Crippen LogP contribution in [0.2, 0.25) is 0 Å². The second-order valence-corrected chi connectivity index (χ2v) is 9.66. The topological polar surface area (TPSA) is 79.6 Å². The van der Waals surface area contributed by atoms with Gasteiger partial charge in [0.1, 0.15) is 5.76 Å². The van der Waals surface area contributed by atoms with Crippen molar-refractivity contribution < 1.29 is 14.1 Å². The molecule has 0 saturated carbocycles. The largest absolute Gasteiger partial charge is 0.379 e. The van der Waals surface area contributed by atoms with Gasteiger partial charge in [-0.25, -0.2) is 0 Å². The number of benzene rings is 1. The third-order valence-electron chi connectivity index (χ3n) is 6.27. The number of morpholine rings is 1. The Morgan fingerprint density at radius 3 is 2.91 bits per heavy atom. The number of nitrogens with one attached hydrogen (secondary N) is 2. The molecule has 7 nitrogen and oxygen atoms in total. The van der Waals surface area contributed by atoms with Gasteiger partial charge in [-0.05, 0) is 49.9 Å². The Bertz CT molecular complexity index is 826. The molecule has 0 aliphatic carbocycles. The third-order valence-corrected chi connectivity index (χ3v) is 7.30. The summed E-state index contributed by atoms with van der Waals surface area (Å²) in [6.45, 7) is 6.99. The second kappa shape index (κ2) is 12.4. The SMILES string of the molecule is O=C(C[C@@H]1CCNC[C@H]1Cc1cc(CSc2ccccc2)on1)NCCN1CCOCC1. The van der Waals surface area contributed by atoms with Crippen LogP contribution >= 0.6 is 11.8 Å². The molecule has 3 heterocycles. The van der Waals surface area contributed by atoms with E-state index >= 15 is 0 Å². The van der Waals surface area contributed by atoms with Crippen molar-refractivity contribution in [2.24, 2.45) is 11.8 Å². The van der Waals surface area contributed by atoms with Crippen molar-refractivity contribution in [1.82, 2.24) is 20.7 Å². The van der Waals surface area contributed by atoms with E-state index in [4.69, 9.17) is 9.26 Å². The number of rotatable bonds is 10. The zero-order valence-corrected chi connectivity index (χ0v) is 19.4. The molecule has 0 radical (unpaired) electrons. The highest BCUT2D eigenvalue weighted by molar-refractivity contribution is 7.98. The van der Waals surface area contributed by atoms with E-state index in [1.54, 1.807) is 11.8 Å². The monoisotopic (exact) mass is 458 g/mol. The Morgan fingerprint density at radius 2 is 2.06 bits per heavy atom. The first-order valence-corrected chi connectivity index (χ1v) is 12.6. The summed E-state index contributed by atoms with van der Waals surface area (Å²) in [4.78, 5) is 16.1. The van der Waals surface area contributed by atoms with Crippen molar-refractivity contribution in [3.63, 3.8) is 0 Å². The third kappa shape index (κ3) is 7.33. The first-order valence-electron chi connectivity index (χ1n) is 11.7. The molecular weight excluding hydrogens is 424 g/mol. The molecule has 32 heavy (non-hydrogen) atoms. The van der Waals surface area contributed by atoms with Crippen molar-refractivity contribution >= 4 is 17.7 Å². The van der Waals surface area contributed by atoms with Gasteiger partial charge in [0, 0.05) is 43.6 Å². The molecule has 0 spiro atoms. The molecule has 2 atom stereocenters. The number of thioether (sulfide) groups is 1. The fraction of sp³-hybridized carbons (Fsp3) is 0.583. The van der Waals surface area contributed by atoms with E-state index < -0.39 is 0 Å². The maximum Gasteiger partial charge on any atom is 0.220 e. The maximum atomic E-state index is 12.6. The molecule has 1 aromatic heterocycles. The lowest BCUT2D eigenvalue weighted by molar-refractivity contribution is -0.122. The van der Waals surface area contributed by atoms with E-state index in [1.165, 1.54) is 4.90 Å². The van der Waals surface area contributed by atoms with Gasteiger partial charge in [0.15, 0.2) is 0 Å². The smallest absolute Gasteiger partial charge is 0.220 e. The second-order valence-electron chi connectivity index (χ2n) is 8.61. The van der Waals surface area contributed by atoms with Crippen molar-refractivity contribution in [2.75, 3.05) is 52.5 Å². The van der Waals surface area contributed by atoms with Gasteiger partial charge in [0.05, 0.1) is 24.7 Å². The number of piperidine rings is 1. The molecule has 174 valence electrons. The van der Waals surface area contributed by atoms with Gasteiger partial charge in [0.25, 0.3) is 0 Å². The van der Waals surface area contributed by atoms with Crippen molar-refractivity contribution in [1.29, 1.82) is 0 Å². The minimum Gasteiger partial charge on any atom is -0.379 e. The molecule has 2 saturated heterocycles. The predicted molar refractivity (Wildman–Crippen MR) is 126 cm³/mol. The number of amides is 1. The number of aromatic nitrogens is 1. The Kier molecular flexibility index (Phi) is 9.02. The van der Waals surface area contributed by atoms with Gasteiger partial charge in [-0.15, -0.1) is 11.8 Å². The van der Waals surface area contributed by atoms with Gasteiger partial charge in [-0.3, -0.25) is 9.69 Å². The van der Waals surface area contributed by atoms with Gasteiger partial charge in [-0.2, -0.15) is 0 Å². The first-order chi connectivity index (χ1) is 15.8. The van der Waals surface area contributed by atoms with E-state index in [-0.39, 0.29) is 5.91 Å². The van der Waals surface area contributed by atoms with Gasteiger partial charge in [0.2, 0.25) is 5.91 Å². The van der Waals surface area contributed by atoms with E-state index in [0.717, 1.165) is 76.0 Å². The molecule has 1 aromatic carbocycles. The molecule has 2 N–H and O–H groups in total. The lowest BCUT2D eigenvalue weighted by atomic mass is 9.81. The first kappa shape index (κ1) is 23.3. The van der Waals surface area contributed by atoms with Crippen LogP contribution in [0.4, 0.5) is 0 Å². The van der Waals surface area contributed by atoms with Gasteiger partial charge in [-0.1, -0.05) is 23.4 Å². The van der Waals surface area contributed by atoms with Crippen LogP contribution in [0.1, 0.15) is 24.3 Å². The number of nitrogens with zero attached hydrogens (tertiary/aromatic N) is 2. The summed E-state index contributed by atoms with van der Waals surface area (Å²) in [5, 5.41) is 10.9. The summed E-state index contributed by atoms with van der Waals surface area (Å²) in [6.07, 6.45) is 2.46. The summed E-state index contributed by atoms with van der Waals surface area (Å²) in [7, 11) is 0. The number of hydrogen-bond donors (Lipinski definition) is 2. The summed E-state index contributed by atoms with van der Waals surface area (Å²) in [5.41, 5.74) is 0.986. The van der Waals surface area contributed by atoms with Crippen LogP contribution in [0.25, 0.3) is 0 Å². The van der Waals surface area contributed by atoms with E-state index in [2.05, 4.69) is 38.9 Å². The molecule has 1 amide bonds. The van der Waals surface area contributed by atoms with Crippen LogP contribution in [0, 0.1) is 11.8 Å². The maximum absolute atomic E-state index is 12.6.